The molecule has 2 fully saturated rings. The summed E-state index contributed by atoms with van der Waals surface area (Å²) >= 11 is -1.16. The highest BCUT2D eigenvalue weighted by Crippen LogP contribution is 2.36. The van der Waals surface area contributed by atoms with Crippen molar-refractivity contribution in [2.24, 2.45) is 0 Å². The monoisotopic (exact) mass is 220 g/mol. The van der Waals surface area contributed by atoms with Gasteiger partial charge >= 0.3 is 0 Å². The van der Waals surface area contributed by atoms with E-state index in [0.717, 1.165) is 25.7 Å². The maximum atomic E-state index is 10.9. The van der Waals surface area contributed by atoms with E-state index in [0.29, 0.717) is 13.2 Å². The standard InChI is InChI=1S/C9H16O4S/c1-14(10)13-8-2-4-9(5-3-8)11-6-7-12-9/h8H,2-7H2,1H3. The van der Waals surface area contributed by atoms with Gasteiger partial charge in [-0.25, -0.2) is 4.21 Å². The Kier molecular flexibility index (Phi) is 3.21. The summed E-state index contributed by atoms with van der Waals surface area (Å²) in [6.45, 7) is 1.40. The van der Waals surface area contributed by atoms with Crippen molar-refractivity contribution in [2.75, 3.05) is 19.5 Å². The summed E-state index contributed by atoms with van der Waals surface area (Å²) in [6.07, 6.45) is 5.13. The minimum absolute atomic E-state index is 0.110. The summed E-state index contributed by atoms with van der Waals surface area (Å²) in [6, 6.07) is 0. The second-order valence-electron chi connectivity index (χ2n) is 3.80. The molecule has 1 atom stereocenters. The minimum Gasteiger partial charge on any atom is -0.348 e. The van der Waals surface area contributed by atoms with E-state index in [2.05, 4.69) is 0 Å². The van der Waals surface area contributed by atoms with Gasteiger partial charge in [0.25, 0.3) is 0 Å². The van der Waals surface area contributed by atoms with E-state index >= 15 is 0 Å². The molecule has 1 aliphatic heterocycles. The first-order chi connectivity index (χ1) is 6.70. The van der Waals surface area contributed by atoms with E-state index in [9.17, 15) is 4.21 Å². The molecule has 1 aliphatic carbocycles. The van der Waals surface area contributed by atoms with Crippen molar-refractivity contribution in [3.05, 3.63) is 0 Å². The topological polar surface area (TPSA) is 44.8 Å². The van der Waals surface area contributed by atoms with Gasteiger partial charge in [-0.15, -0.1) is 0 Å². The van der Waals surface area contributed by atoms with Crippen LogP contribution in [0.3, 0.4) is 0 Å². The molecule has 1 heterocycles. The van der Waals surface area contributed by atoms with Crippen LogP contribution < -0.4 is 0 Å². The maximum Gasteiger partial charge on any atom is 0.168 e. The first-order valence-electron chi connectivity index (χ1n) is 4.99. The molecular weight excluding hydrogens is 204 g/mol. The smallest absolute Gasteiger partial charge is 0.168 e. The zero-order valence-electron chi connectivity index (χ0n) is 8.36. The molecule has 0 aromatic heterocycles. The van der Waals surface area contributed by atoms with Crippen LogP contribution in [0.2, 0.25) is 0 Å². The normalized spacial score (nSPS) is 29.5. The molecule has 14 heavy (non-hydrogen) atoms. The zero-order chi connectivity index (χ0) is 10.0. The first kappa shape index (κ1) is 10.5. The van der Waals surface area contributed by atoms with Gasteiger partial charge in [0, 0.05) is 19.1 Å². The molecule has 1 saturated heterocycles. The summed E-state index contributed by atoms with van der Waals surface area (Å²) < 4.78 is 27.3. The van der Waals surface area contributed by atoms with Gasteiger partial charge in [0.15, 0.2) is 16.9 Å². The van der Waals surface area contributed by atoms with Crippen molar-refractivity contribution >= 4 is 11.1 Å². The van der Waals surface area contributed by atoms with Gasteiger partial charge < -0.3 is 9.47 Å². The number of rotatable bonds is 2. The second-order valence-corrected chi connectivity index (χ2v) is 4.80. The van der Waals surface area contributed by atoms with Gasteiger partial charge in [-0.2, -0.15) is 0 Å². The van der Waals surface area contributed by atoms with Gasteiger partial charge in [0.05, 0.1) is 19.3 Å². The molecule has 82 valence electrons. The maximum absolute atomic E-state index is 10.9. The Labute approximate surface area is 86.6 Å². The van der Waals surface area contributed by atoms with Gasteiger partial charge in [-0.1, -0.05) is 0 Å². The molecule has 1 spiro atoms. The van der Waals surface area contributed by atoms with Gasteiger partial charge in [-0.05, 0) is 12.8 Å². The zero-order valence-corrected chi connectivity index (χ0v) is 9.18. The highest BCUT2D eigenvalue weighted by Gasteiger charge is 2.40. The molecule has 5 heteroatoms. The number of ether oxygens (including phenoxy) is 2. The lowest BCUT2D eigenvalue weighted by Crippen LogP contribution is -2.37. The average molecular weight is 220 g/mol. The molecule has 0 radical (unpaired) electrons. The lowest BCUT2D eigenvalue weighted by molar-refractivity contribution is -0.185. The molecule has 2 aliphatic rings. The van der Waals surface area contributed by atoms with Crippen LogP contribution >= 0.6 is 0 Å². The third kappa shape index (κ3) is 2.34. The van der Waals surface area contributed by atoms with E-state index in [4.69, 9.17) is 13.7 Å². The minimum atomic E-state index is -1.16. The highest BCUT2D eigenvalue weighted by atomic mass is 32.2. The highest BCUT2D eigenvalue weighted by molar-refractivity contribution is 7.79. The van der Waals surface area contributed by atoms with E-state index in [1.165, 1.54) is 0 Å². The van der Waals surface area contributed by atoms with Crippen molar-refractivity contribution < 1.29 is 17.9 Å². The first-order valence-corrected chi connectivity index (χ1v) is 6.47. The van der Waals surface area contributed by atoms with E-state index in [-0.39, 0.29) is 11.9 Å². The van der Waals surface area contributed by atoms with Crippen LogP contribution in [0, 0.1) is 0 Å². The van der Waals surface area contributed by atoms with Gasteiger partial charge in [0.2, 0.25) is 0 Å². The Morgan fingerprint density at radius 1 is 1.29 bits per heavy atom. The van der Waals surface area contributed by atoms with Crippen LogP contribution in [-0.2, 0) is 24.7 Å². The molecule has 0 aromatic rings. The molecule has 1 saturated carbocycles. The Bertz CT molecular complexity index is 215. The third-order valence-electron chi connectivity index (χ3n) is 2.78. The average Bonchev–Trinajstić information content (AvgIpc) is 2.58. The quantitative estimate of drug-likeness (QED) is 0.696. The summed E-state index contributed by atoms with van der Waals surface area (Å²) in [4.78, 5) is 0. The Hall–Kier alpha value is 0.0300. The van der Waals surface area contributed by atoms with Crippen molar-refractivity contribution in [2.45, 2.75) is 37.6 Å². The second kappa shape index (κ2) is 4.26. The van der Waals surface area contributed by atoms with E-state index < -0.39 is 11.1 Å². The van der Waals surface area contributed by atoms with Crippen LogP contribution in [0.15, 0.2) is 0 Å². The fourth-order valence-electron chi connectivity index (χ4n) is 2.10. The van der Waals surface area contributed by atoms with Crippen molar-refractivity contribution in [3.8, 4) is 0 Å². The van der Waals surface area contributed by atoms with Gasteiger partial charge in [-0.3, -0.25) is 4.18 Å². The lowest BCUT2D eigenvalue weighted by atomic mass is 9.92. The molecule has 1 unspecified atom stereocenters. The van der Waals surface area contributed by atoms with E-state index in [1.807, 2.05) is 0 Å². The van der Waals surface area contributed by atoms with Crippen molar-refractivity contribution in [1.29, 1.82) is 0 Å². The van der Waals surface area contributed by atoms with Crippen LogP contribution in [0.25, 0.3) is 0 Å². The Morgan fingerprint density at radius 3 is 2.36 bits per heavy atom. The fraction of sp³-hybridized carbons (Fsp3) is 1.00. The predicted molar refractivity (Wildman–Crippen MR) is 52.0 cm³/mol. The largest absolute Gasteiger partial charge is 0.348 e. The fourth-order valence-corrected chi connectivity index (χ4v) is 2.68. The molecule has 0 N–H and O–H groups in total. The SMILES string of the molecule is CS(=O)OC1CCC2(CC1)OCCO2. The Balaban J connectivity index is 1.82. The van der Waals surface area contributed by atoms with Crippen molar-refractivity contribution in [3.63, 3.8) is 0 Å². The predicted octanol–water partition coefficient (Wildman–Crippen LogP) is 0.982. The third-order valence-corrected chi connectivity index (χ3v) is 3.32. The van der Waals surface area contributed by atoms with Crippen LogP contribution in [0.5, 0.6) is 0 Å². The summed E-state index contributed by atoms with van der Waals surface area (Å²) in [5.74, 6) is -0.338. The molecule has 0 bridgehead atoms. The molecular formula is C9H16O4S. The van der Waals surface area contributed by atoms with Crippen LogP contribution in [0.1, 0.15) is 25.7 Å². The van der Waals surface area contributed by atoms with Crippen molar-refractivity contribution in [1.82, 2.24) is 0 Å². The summed E-state index contributed by atoms with van der Waals surface area (Å²) in [5, 5.41) is 0. The molecule has 0 aromatic carbocycles. The number of hydrogen-bond acceptors (Lipinski definition) is 4. The Morgan fingerprint density at radius 2 is 1.86 bits per heavy atom. The van der Waals surface area contributed by atoms with Gasteiger partial charge in [0.1, 0.15) is 0 Å². The molecule has 0 amide bonds. The summed E-state index contributed by atoms with van der Waals surface area (Å²) in [5.41, 5.74) is 0. The molecule has 2 rings (SSSR count). The number of hydrogen-bond donors (Lipinski definition) is 0. The van der Waals surface area contributed by atoms with Crippen LogP contribution in [0.4, 0.5) is 0 Å². The van der Waals surface area contributed by atoms with E-state index in [1.54, 1.807) is 6.26 Å². The lowest BCUT2D eigenvalue weighted by Gasteiger charge is -2.34. The molecule has 4 nitrogen and oxygen atoms in total. The van der Waals surface area contributed by atoms with Crippen LogP contribution in [-0.4, -0.2) is 35.6 Å². The summed E-state index contributed by atoms with van der Waals surface area (Å²) in [7, 11) is 0.